The maximum atomic E-state index is 11.8. The van der Waals surface area contributed by atoms with E-state index in [4.69, 9.17) is 5.73 Å². The van der Waals surface area contributed by atoms with Crippen molar-refractivity contribution >= 4 is 11.8 Å². The van der Waals surface area contributed by atoms with Crippen molar-refractivity contribution in [3.63, 3.8) is 0 Å². The zero-order chi connectivity index (χ0) is 12.8. The Morgan fingerprint density at radius 1 is 1.41 bits per heavy atom. The zero-order valence-corrected chi connectivity index (χ0v) is 10.6. The summed E-state index contributed by atoms with van der Waals surface area (Å²) in [5.74, 6) is -0.326. The van der Waals surface area contributed by atoms with E-state index in [1.54, 1.807) is 4.90 Å². The number of amides is 2. The van der Waals surface area contributed by atoms with Gasteiger partial charge in [-0.15, -0.1) is 0 Å². The van der Waals surface area contributed by atoms with Crippen molar-refractivity contribution in [2.45, 2.75) is 19.9 Å². The molecule has 1 aliphatic rings. The molecule has 3 N–H and O–H groups in total. The molecule has 0 bridgehead atoms. The zero-order valence-electron chi connectivity index (χ0n) is 10.6. The molecule has 2 amide bonds. The van der Waals surface area contributed by atoms with Gasteiger partial charge >= 0.3 is 0 Å². The highest BCUT2D eigenvalue weighted by Crippen LogP contribution is 2.08. The van der Waals surface area contributed by atoms with Gasteiger partial charge in [0.15, 0.2) is 0 Å². The predicted octanol–water partition coefficient (Wildman–Crippen LogP) is -1.39. The van der Waals surface area contributed by atoms with Crippen molar-refractivity contribution in [1.82, 2.24) is 15.1 Å². The SMILES string of the molecule is CCN1CCN(C(=O)CNC(=O)CN)CC1C. The van der Waals surface area contributed by atoms with Crippen LogP contribution in [0.5, 0.6) is 0 Å². The summed E-state index contributed by atoms with van der Waals surface area (Å²) in [6.45, 7) is 7.57. The number of rotatable bonds is 4. The molecule has 0 radical (unpaired) electrons. The Labute approximate surface area is 102 Å². The normalized spacial score (nSPS) is 21.4. The summed E-state index contributed by atoms with van der Waals surface area (Å²) in [5.41, 5.74) is 5.15. The highest BCUT2D eigenvalue weighted by molar-refractivity contribution is 5.85. The number of nitrogens with two attached hydrogens (primary N) is 1. The molecule has 6 nitrogen and oxygen atoms in total. The van der Waals surface area contributed by atoms with Gasteiger partial charge in [0.1, 0.15) is 0 Å². The van der Waals surface area contributed by atoms with Gasteiger partial charge in [0.25, 0.3) is 0 Å². The molecule has 17 heavy (non-hydrogen) atoms. The Hall–Kier alpha value is -1.14. The summed E-state index contributed by atoms with van der Waals surface area (Å²) in [6, 6.07) is 0.378. The van der Waals surface area contributed by atoms with Crippen molar-refractivity contribution in [3.8, 4) is 0 Å². The van der Waals surface area contributed by atoms with Gasteiger partial charge in [-0.3, -0.25) is 14.5 Å². The minimum absolute atomic E-state index is 0.0330. The van der Waals surface area contributed by atoms with Crippen LogP contribution in [-0.2, 0) is 9.59 Å². The molecule has 1 atom stereocenters. The van der Waals surface area contributed by atoms with Gasteiger partial charge in [0.05, 0.1) is 13.1 Å². The van der Waals surface area contributed by atoms with Crippen LogP contribution in [0.2, 0.25) is 0 Å². The van der Waals surface area contributed by atoms with E-state index in [9.17, 15) is 9.59 Å². The van der Waals surface area contributed by atoms with Crippen LogP contribution < -0.4 is 11.1 Å². The number of carbonyl (C=O) groups is 2. The molecule has 1 unspecified atom stereocenters. The van der Waals surface area contributed by atoms with Gasteiger partial charge in [0.2, 0.25) is 11.8 Å². The molecule has 0 saturated carbocycles. The number of carbonyl (C=O) groups excluding carboxylic acids is 2. The first-order valence-electron chi connectivity index (χ1n) is 6.07. The first kappa shape index (κ1) is 13.9. The minimum Gasteiger partial charge on any atom is -0.346 e. The van der Waals surface area contributed by atoms with Crippen molar-refractivity contribution < 1.29 is 9.59 Å². The maximum Gasteiger partial charge on any atom is 0.242 e. The Kier molecular flexibility index (Phi) is 5.37. The molecule has 1 heterocycles. The third-order valence-corrected chi connectivity index (χ3v) is 3.15. The quantitative estimate of drug-likeness (QED) is 0.636. The fourth-order valence-electron chi connectivity index (χ4n) is 2.05. The lowest BCUT2D eigenvalue weighted by Crippen LogP contribution is -2.55. The van der Waals surface area contributed by atoms with Crippen LogP contribution in [0.25, 0.3) is 0 Å². The van der Waals surface area contributed by atoms with E-state index in [-0.39, 0.29) is 24.9 Å². The molecule has 0 spiro atoms. The average Bonchev–Trinajstić information content (AvgIpc) is 2.35. The van der Waals surface area contributed by atoms with Crippen LogP contribution in [0.4, 0.5) is 0 Å². The Morgan fingerprint density at radius 2 is 2.12 bits per heavy atom. The maximum absolute atomic E-state index is 11.8. The van der Waals surface area contributed by atoms with Crippen molar-refractivity contribution in [2.75, 3.05) is 39.3 Å². The average molecular weight is 242 g/mol. The van der Waals surface area contributed by atoms with Gasteiger partial charge in [0, 0.05) is 25.7 Å². The van der Waals surface area contributed by atoms with Crippen LogP contribution in [-0.4, -0.2) is 66.9 Å². The summed E-state index contributed by atoms with van der Waals surface area (Å²) in [6.07, 6.45) is 0. The molecule has 6 heteroatoms. The van der Waals surface area contributed by atoms with Crippen LogP contribution in [0.15, 0.2) is 0 Å². The first-order chi connectivity index (χ1) is 8.08. The third-order valence-electron chi connectivity index (χ3n) is 3.15. The molecule has 1 aliphatic heterocycles. The number of hydrogen-bond acceptors (Lipinski definition) is 4. The topological polar surface area (TPSA) is 78.7 Å². The van der Waals surface area contributed by atoms with E-state index in [1.807, 2.05) is 0 Å². The Balaban J connectivity index is 2.36. The lowest BCUT2D eigenvalue weighted by atomic mass is 10.2. The van der Waals surface area contributed by atoms with Gasteiger partial charge in [-0.25, -0.2) is 0 Å². The highest BCUT2D eigenvalue weighted by atomic mass is 16.2. The lowest BCUT2D eigenvalue weighted by Gasteiger charge is -2.39. The highest BCUT2D eigenvalue weighted by Gasteiger charge is 2.25. The number of nitrogens with one attached hydrogen (secondary N) is 1. The number of piperazine rings is 1. The molecule has 1 saturated heterocycles. The molecule has 0 aliphatic carbocycles. The van der Waals surface area contributed by atoms with E-state index in [1.165, 1.54) is 0 Å². The largest absolute Gasteiger partial charge is 0.346 e. The van der Waals surface area contributed by atoms with E-state index in [0.717, 1.165) is 26.2 Å². The van der Waals surface area contributed by atoms with Crippen molar-refractivity contribution in [2.24, 2.45) is 5.73 Å². The van der Waals surface area contributed by atoms with E-state index >= 15 is 0 Å². The summed E-state index contributed by atoms with van der Waals surface area (Å²) in [5, 5.41) is 2.50. The van der Waals surface area contributed by atoms with Crippen LogP contribution >= 0.6 is 0 Å². The van der Waals surface area contributed by atoms with Crippen molar-refractivity contribution in [1.29, 1.82) is 0 Å². The second kappa shape index (κ2) is 6.56. The predicted molar refractivity (Wildman–Crippen MR) is 65.4 cm³/mol. The molecule has 98 valence electrons. The molecule has 0 aromatic carbocycles. The van der Waals surface area contributed by atoms with Crippen LogP contribution in [0, 0.1) is 0 Å². The van der Waals surface area contributed by atoms with Crippen LogP contribution in [0.3, 0.4) is 0 Å². The second-order valence-electron chi connectivity index (χ2n) is 4.30. The number of likely N-dealkylation sites (N-methyl/N-ethyl adjacent to an activating group) is 1. The first-order valence-corrected chi connectivity index (χ1v) is 6.07. The molecule has 1 fully saturated rings. The monoisotopic (exact) mass is 242 g/mol. The van der Waals surface area contributed by atoms with Gasteiger partial charge < -0.3 is 16.0 Å². The second-order valence-corrected chi connectivity index (χ2v) is 4.30. The van der Waals surface area contributed by atoms with Gasteiger partial charge in [-0.05, 0) is 13.5 Å². The summed E-state index contributed by atoms with van der Waals surface area (Å²) >= 11 is 0. The van der Waals surface area contributed by atoms with E-state index in [2.05, 4.69) is 24.1 Å². The smallest absolute Gasteiger partial charge is 0.242 e. The number of nitrogens with zero attached hydrogens (tertiary/aromatic N) is 2. The van der Waals surface area contributed by atoms with Gasteiger partial charge in [-0.2, -0.15) is 0 Å². The van der Waals surface area contributed by atoms with Crippen LogP contribution in [0.1, 0.15) is 13.8 Å². The Bertz CT molecular complexity index is 283. The molecule has 0 aromatic heterocycles. The molecule has 1 rings (SSSR count). The van der Waals surface area contributed by atoms with E-state index < -0.39 is 0 Å². The summed E-state index contributed by atoms with van der Waals surface area (Å²) < 4.78 is 0. The molecular weight excluding hydrogens is 220 g/mol. The van der Waals surface area contributed by atoms with E-state index in [0.29, 0.717) is 6.04 Å². The molecular formula is C11H22N4O2. The fraction of sp³-hybridized carbons (Fsp3) is 0.818. The summed E-state index contributed by atoms with van der Waals surface area (Å²) in [4.78, 5) is 26.9. The van der Waals surface area contributed by atoms with Crippen molar-refractivity contribution in [3.05, 3.63) is 0 Å². The number of hydrogen-bond donors (Lipinski definition) is 2. The molecule has 0 aromatic rings. The Morgan fingerprint density at radius 3 is 2.65 bits per heavy atom. The summed E-state index contributed by atoms with van der Waals surface area (Å²) in [7, 11) is 0. The fourth-order valence-corrected chi connectivity index (χ4v) is 2.05. The third kappa shape index (κ3) is 3.98. The van der Waals surface area contributed by atoms with Gasteiger partial charge in [-0.1, -0.05) is 6.92 Å². The minimum atomic E-state index is -0.293. The lowest BCUT2D eigenvalue weighted by molar-refractivity contribution is -0.135. The standard InChI is InChI=1S/C11H22N4O2/c1-3-14-4-5-15(8-9(14)2)11(17)7-13-10(16)6-12/h9H,3-8,12H2,1-2H3,(H,13,16).